The van der Waals surface area contributed by atoms with Crippen molar-refractivity contribution in [2.45, 2.75) is 32.8 Å². The summed E-state index contributed by atoms with van der Waals surface area (Å²) in [6, 6.07) is 1.76. The van der Waals surface area contributed by atoms with Crippen molar-refractivity contribution < 1.29 is 14.3 Å². The van der Waals surface area contributed by atoms with Crippen molar-refractivity contribution in [3.63, 3.8) is 0 Å². The second kappa shape index (κ2) is 5.05. The van der Waals surface area contributed by atoms with E-state index < -0.39 is 5.60 Å². The molecule has 0 amide bonds. The quantitative estimate of drug-likeness (QED) is 0.919. The lowest BCUT2D eigenvalue weighted by molar-refractivity contribution is 0.0557. The molecule has 0 aliphatic heterocycles. The minimum atomic E-state index is -1.01. The standard InChI is InChI=1S/C15H19NO3/c1-10-8-16-13(11(2)14(10)18-4)7-15(3,17)12-5-6-19-9-12/h5-6,8-9,17H,7H2,1-4H3. The Balaban J connectivity index is 2.34. The largest absolute Gasteiger partial charge is 0.496 e. The summed E-state index contributed by atoms with van der Waals surface area (Å²) >= 11 is 0. The molecule has 0 saturated heterocycles. The zero-order valence-electron chi connectivity index (χ0n) is 11.7. The fraction of sp³-hybridized carbons (Fsp3) is 0.400. The molecule has 0 aromatic carbocycles. The van der Waals surface area contributed by atoms with Crippen LogP contribution in [0.2, 0.25) is 0 Å². The van der Waals surface area contributed by atoms with Gasteiger partial charge in [-0.15, -0.1) is 0 Å². The fourth-order valence-electron chi connectivity index (χ4n) is 2.25. The molecule has 1 atom stereocenters. The van der Waals surface area contributed by atoms with Crippen molar-refractivity contribution in [2.24, 2.45) is 0 Å². The Morgan fingerprint density at radius 3 is 2.74 bits per heavy atom. The topological polar surface area (TPSA) is 55.5 Å². The van der Waals surface area contributed by atoms with Gasteiger partial charge in [0, 0.05) is 29.3 Å². The second-order valence-corrected chi connectivity index (χ2v) is 5.01. The van der Waals surface area contributed by atoms with Crippen molar-refractivity contribution in [3.05, 3.63) is 47.2 Å². The first-order valence-corrected chi connectivity index (χ1v) is 6.20. The summed E-state index contributed by atoms with van der Waals surface area (Å²) in [5.41, 5.74) is 2.52. The first kappa shape index (κ1) is 13.6. The SMILES string of the molecule is COc1c(C)cnc(CC(C)(O)c2ccoc2)c1C. The molecule has 1 N–H and O–H groups in total. The molecule has 2 aromatic heterocycles. The van der Waals surface area contributed by atoms with Gasteiger partial charge >= 0.3 is 0 Å². The summed E-state index contributed by atoms with van der Waals surface area (Å²) in [5.74, 6) is 0.827. The summed E-state index contributed by atoms with van der Waals surface area (Å²) in [7, 11) is 1.65. The number of nitrogens with zero attached hydrogens (tertiary/aromatic N) is 1. The van der Waals surface area contributed by atoms with Crippen LogP contribution in [-0.4, -0.2) is 17.2 Å². The van der Waals surface area contributed by atoms with E-state index >= 15 is 0 Å². The minimum absolute atomic E-state index is 0.412. The van der Waals surface area contributed by atoms with E-state index in [-0.39, 0.29) is 0 Å². The third-order valence-electron chi connectivity index (χ3n) is 3.40. The van der Waals surface area contributed by atoms with Crippen LogP contribution in [0.25, 0.3) is 0 Å². The van der Waals surface area contributed by atoms with Gasteiger partial charge < -0.3 is 14.3 Å². The zero-order valence-corrected chi connectivity index (χ0v) is 11.7. The van der Waals surface area contributed by atoms with Crippen LogP contribution in [0.1, 0.15) is 29.3 Å². The number of hydrogen-bond donors (Lipinski definition) is 1. The van der Waals surface area contributed by atoms with Crippen LogP contribution in [0, 0.1) is 13.8 Å². The van der Waals surface area contributed by atoms with Crippen molar-refractivity contribution in [3.8, 4) is 5.75 Å². The Kier molecular flexibility index (Phi) is 3.62. The van der Waals surface area contributed by atoms with Crippen LogP contribution in [0.4, 0.5) is 0 Å². The summed E-state index contributed by atoms with van der Waals surface area (Å²) in [6.45, 7) is 5.67. The van der Waals surface area contributed by atoms with Gasteiger partial charge in [0.15, 0.2) is 0 Å². The zero-order chi connectivity index (χ0) is 14.0. The fourth-order valence-corrected chi connectivity index (χ4v) is 2.25. The van der Waals surface area contributed by atoms with Gasteiger partial charge in [-0.05, 0) is 26.8 Å². The first-order valence-electron chi connectivity index (χ1n) is 6.20. The molecule has 19 heavy (non-hydrogen) atoms. The molecule has 0 aliphatic rings. The molecule has 2 rings (SSSR count). The third kappa shape index (κ3) is 2.63. The molecule has 0 aliphatic carbocycles. The van der Waals surface area contributed by atoms with E-state index in [1.807, 2.05) is 13.8 Å². The molecule has 2 heterocycles. The lowest BCUT2D eigenvalue weighted by Crippen LogP contribution is -2.24. The number of aliphatic hydroxyl groups is 1. The normalized spacial score (nSPS) is 14.2. The van der Waals surface area contributed by atoms with Crippen LogP contribution in [0.5, 0.6) is 5.75 Å². The number of aromatic nitrogens is 1. The number of furan rings is 1. The maximum Gasteiger partial charge on any atom is 0.128 e. The van der Waals surface area contributed by atoms with E-state index in [1.54, 1.807) is 38.8 Å². The van der Waals surface area contributed by atoms with Gasteiger partial charge in [0.25, 0.3) is 0 Å². The van der Waals surface area contributed by atoms with Crippen LogP contribution in [-0.2, 0) is 12.0 Å². The molecule has 0 saturated carbocycles. The molecular formula is C15H19NO3. The van der Waals surface area contributed by atoms with E-state index in [1.165, 1.54) is 0 Å². The molecule has 4 nitrogen and oxygen atoms in total. The average Bonchev–Trinajstić information content (AvgIpc) is 2.88. The van der Waals surface area contributed by atoms with Crippen molar-refractivity contribution >= 4 is 0 Å². The van der Waals surface area contributed by atoms with Crippen LogP contribution in [0.3, 0.4) is 0 Å². The highest BCUT2D eigenvalue weighted by atomic mass is 16.5. The van der Waals surface area contributed by atoms with Crippen molar-refractivity contribution in [1.29, 1.82) is 0 Å². The number of hydrogen-bond acceptors (Lipinski definition) is 4. The van der Waals surface area contributed by atoms with Gasteiger partial charge in [-0.2, -0.15) is 0 Å². The highest BCUT2D eigenvalue weighted by Crippen LogP contribution is 2.30. The maximum absolute atomic E-state index is 10.5. The van der Waals surface area contributed by atoms with Crippen molar-refractivity contribution in [1.82, 2.24) is 4.98 Å². The van der Waals surface area contributed by atoms with Gasteiger partial charge in [0.05, 0.1) is 30.9 Å². The van der Waals surface area contributed by atoms with Crippen LogP contribution >= 0.6 is 0 Å². The Bertz CT molecular complexity index is 559. The monoisotopic (exact) mass is 261 g/mol. The highest BCUT2D eigenvalue weighted by molar-refractivity contribution is 5.41. The molecule has 0 spiro atoms. The third-order valence-corrected chi connectivity index (χ3v) is 3.40. The van der Waals surface area contributed by atoms with Gasteiger partial charge in [-0.25, -0.2) is 0 Å². The van der Waals surface area contributed by atoms with Gasteiger partial charge in [-0.3, -0.25) is 4.98 Å². The Morgan fingerprint density at radius 1 is 1.42 bits per heavy atom. The molecule has 2 aromatic rings. The van der Waals surface area contributed by atoms with E-state index in [0.29, 0.717) is 6.42 Å². The summed E-state index contributed by atoms with van der Waals surface area (Å²) in [6.07, 6.45) is 5.29. The van der Waals surface area contributed by atoms with Crippen LogP contribution in [0.15, 0.2) is 29.2 Å². The van der Waals surface area contributed by atoms with E-state index in [9.17, 15) is 5.11 Å². The number of rotatable bonds is 4. The minimum Gasteiger partial charge on any atom is -0.496 e. The highest BCUT2D eigenvalue weighted by Gasteiger charge is 2.27. The molecule has 0 radical (unpaired) electrons. The Morgan fingerprint density at radius 2 is 2.16 bits per heavy atom. The number of pyridine rings is 1. The maximum atomic E-state index is 10.5. The van der Waals surface area contributed by atoms with Gasteiger partial charge in [0.2, 0.25) is 0 Å². The Hall–Kier alpha value is -1.81. The molecular weight excluding hydrogens is 242 g/mol. The molecule has 0 bridgehead atoms. The van der Waals surface area contributed by atoms with Gasteiger partial charge in [-0.1, -0.05) is 0 Å². The van der Waals surface area contributed by atoms with E-state index in [2.05, 4.69) is 4.98 Å². The number of methoxy groups -OCH3 is 1. The molecule has 1 unspecified atom stereocenters. The molecule has 102 valence electrons. The average molecular weight is 261 g/mol. The van der Waals surface area contributed by atoms with Crippen LogP contribution < -0.4 is 4.74 Å². The lowest BCUT2D eigenvalue weighted by Gasteiger charge is -2.23. The van der Waals surface area contributed by atoms with Crippen molar-refractivity contribution in [2.75, 3.05) is 7.11 Å². The van der Waals surface area contributed by atoms with E-state index in [4.69, 9.17) is 9.15 Å². The summed E-state index contributed by atoms with van der Waals surface area (Å²) in [4.78, 5) is 4.41. The smallest absolute Gasteiger partial charge is 0.128 e. The Labute approximate surface area is 113 Å². The van der Waals surface area contributed by atoms with Gasteiger partial charge in [0.1, 0.15) is 5.75 Å². The summed E-state index contributed by atoms with van der Waals surface area (Å²) < 4.78 is 10.4. The summed E-state index contributed by atoms with van der Waals surface area (Å²) in [5, 5.41) is 10.5. The number of ether oxygens (including phenoxy) is 1. The molecule has 0 fully saturated rings. The molecule has 4 heteroatoms. The number of aryl methyl sites for hydroxylation is 1. The lowest BCUT2D eigenvalue weighted by atomic mass is 9.91. The predicted octanol–water partition coefficient (Wildman–Crippen LogP) is 2.75. The second-order valence-electron chi connectivity index (χ2n) is 5.01. The predicted molar refractivity (Wildman–Crippen MR) is 72.2 cm³/mol. The first-order chi connectivity index (χ1) is 8.95. The van der Waals surface area contributed by atoms with E-state index in [0.717, 1.165) is 28.1 Å².